The molecule has 94 valence electrons. The van der Waals surface area contributed by atoms with Gasteiger partial charge in [-0.25, -0.2) is 0 Å². The van der Waals surface area contributed by atoms with Crippen LogP contribution in [-0.2, 0) is 16.8 Å². The molecule has 0 saturated carbocycles. The highest BCUT2D eigenvalue weighted by Crippen LogP contribution is 2.22. The normalized spacial score (nSPS) is 14.6. The molecule has 0 saturated heterocycles. The molecule has 0 aliphatic heterocycles. The van der Waals surface area contributed by atoms with Gasteiger partial charge < -0.3 is 5.73 Å². The van der Waals surface area contributed by atoms with Gasteiger partial charge in [0, 0.05) is 17.7 Å². The first-order valence-electron chi connectivity index (χ1n) is 4.89. The van der Waals surface area contributed by atoms with E-state index in [0.29, 0.717) is 6.42 Å². The summed E-state index contributed by atoms with van der Waals surface area (Å²) in [5, 5.41) is 0. The van der Waals surface area contributed by atoms with Gasteiger partial charge in [0.1, 0.15) is 0 Å². The van der Waals surface area contributed by atoms with Gasteiger partial charge in [-0.2, -0.15) is 8.42 Å². The van der Waals surface area contributed by atoms with Crippen molar-refractivity contribution in [1.82, 2.24) is 0 Å². The van der Waals surface area contributed by atoms with Crippen LogP contribution in [0.1, 0.15) is 28.8 Å². The summed E-state index contributed by atoms with van der Waals surface area (Å²) in [4.78, 5) is 11.4. The number of aryl methyl sites for hydroxylation is 1. The van der Waals surface area contributed by atoms with Crippen LogP contribution in [0.4, 0.5) is 5.69 Å². The average molecular weight is 259 g/mol. The van der Waals surface area contributed by atoms with Crippen molar-refractivity contribution < 1.29 is 22.3 Å². The Kier molecular flexibility index (Phi) is 4.22. The molecule has 4 N–H and O–H groups in total. The number of nitrogen functional groups attached to an aromatic ring is 1. The van der Waals surface area contributed by atoms with Gasteiger partial charge in [0.15, 0.2) is 5.78 Å². The molecule has 0 aromatic heterocycles. The van der Waals surface area contributed by atoms with Crippen LogP contribution >= 0.6 is 0 Å². The van der Waals surface area contributed by atoms with E-state index < -0.39 is 10.4 Å². The van der Waals surface area contributed by atoms with E-state index in [-0.39, 0.29) is 5.78 Å². The zero-order chi connectivity index (χ0) is 13.1. The zero-order valence-corrected chi connectivity index (χ0v) is 9.77. The first-order chi connectivity index (χ1) is 7.77. The maximum Gasteiger partial charge on any atom is 0.394 e. The molecule has 0 bridgehead atoms. The van der Waals surface area contributed by atoms with E-state index in [2.05, 4.69) is 0 Å². The lowest BCUT2D eigenvalue weighted by Crippen LogP contribution is -2.10. The monoisotopic (exact) mass is 259 g/mol. The lowest BCUT2D eigenvalue weighted by Gasteiger charge is -2.14. The van der Waals surface area contributed by atoms with E-state index in [1.807, 2.05) is 12.1 Å². The Labute approximate surface area is 99.0 Å². The minimum Gasteiger partial charge on any atom is -0.399 e. The van der Waals surface area contributed by atoms with Crippen LogP contribution in [0.3, 0.4) is 0 Å². The first kappa shape index (κ1) is 13.6. The molecule has 0 radical (unpaired) electrons. The van der Waals surface area contributed by atoms with Crippen LogP contribution in [-0.4, -0.2) is 23.3 Å². The highest BCUT2D eigenvalue weighted by molar-refractivity contribution is 7.79. The Balaban J connectivity index is 0.000000249. The highest BCUT2D eigenvalue weighted by Gasteiger charge is 2.16. The van der Waals surface area contributed by atoms with Gasteiger partial charge in [0.2, 0.25) is 0 Å². The smallest absolute Gasteiger partial charge is 0.394 e. The quantitative estimate of drug-likeness (QED) is 0.475. The highest BCUT2D eigenvalue weighted by atomic mass is 32.3. The molecule has 7 heteroatoms. The number of fused-ring (bicyclic) bond motifs is 1. The van der Waals surface area contributed by atoms with Crippen molar-refractivity contribution in [2.24, 2.45) is 0 Å². The molecular formula is C10H13NO5S. The molecule has 0 spiro atoms. The summed E-state index contributed by atoms with van der Waals surface area (Å²) >= 11 is 0. The standard InChI is InChI=1S/C10H11NO.H2O4S/c11-8-4-5-9-7(6-8)2-1-3-10(9)12;1-5(2,3)4/h4-6H,1-3,11H2;(H2,1,2,3,4). The summed E-state index contributed by atoms with van der Waals surface area (Å²) in [5.41, 5.74) is 8.36. The van der Waals surface area contributed by atoms with Crippen molar-refractivity contribution in [3.8, 4) is 0 Å². The Morgan fingerprint density at radius 3 is 2.35 bits per heavy atom. The number of Topliss-reactive ketones (excluding diaryl/α,β-unsaturated/α-hetero) is 1. The number of rotatable bonds is 0. The average Bonchev–Trinajstić information content (AvgIpc) is 2.14. The molecule has 0 unspecified atom stereocenters. The SMILES string of the molecule is Nc1ccc2c(c1)CCCC2=O.O=S(=O)(O)O. The molecule has 2 rings (SSSR count). The van der Waals surface area contributed by atoms with Gasteiger partial charge in [0.25, 0.3) is 0 Å². The minimum absolute atomic E-state index is 0.260. The van der Waals surface area contributed by atoms with E-state index in [9.17, 15) is 4.79 Å². The Bertz CT molecular complexity index is 515. The van der Waals surface area contributed by atoms with Crippen LogP contribution < -0.4 is 5.73 Å². The fraction of sp³-hybridized carbons (Fsp3) is 0.300. The maximum absolute atomic E-state index is 11.4. The summed E-state index contributed by atoms with van der Waals surface area (Å²) in [6.45, 7) is 0. The van der Waals surface area contributed by atoms with Crippen molar-refractivity contribution in [3.05, 3.63) is 29.3 Å². The topological polar surface area (TPSA) is 118 Å². The number of ketones is 1. The molecule has 0 heterocycles. The molecule has 1 aromatic carbocycles. The number of benzene rings is 1. The molecule has 0 fully saturated rings. The first-order valence-corrected chi connectivity index (χ1v) is 6.28. The lowest BCUT2D eigenvalue weighted by molar-refractivity contribution is 0.0972. The fourth-order valence-corrected chi connectivity index (χ4v) is 1.67. The molecule has 1 aliphatic rings. The van der Waals surface area contributed by atoms with Gasteiger partial charge in [-0.15, -0.1) is 0 Å². The predicted octanol–water partition coefficient (Wildman–Crippen LogP) is 1.14. The van der Waals surface area contributed by atoms with Crippen LogP contribution in [0.15, 0.2) is 18.2 Å². The number of carbonyl (C=O) groups excluding carboxylic acids is 1. The van der Waals surface area contributed by atoms with Crippen LogP contribution in [0.2, 0.25) is 0 Å². The van der Waals surface area contributed by atoms with Crippen molar-refractivity contribution >= 4 is 21.9 Å². The van der Waals surface area contributed by atoms with Gasteiger partial charge in [-0.3, -0.25) is 13.9 Å². The third-order valence-corrected chi connectivity index (χ3v) is 2.28. The van der Waals surface area contributed by atoms with Gasteiger partial charge in [-0.05, 0) is 36.6 Å². The van der Waals surface area contributed by atoms with Crippen LogP contribution in [0.5, 0.6) is 0 Å². The van der Waals surface area contributed by atoms with E-state index in [0.717, 1.165) is 29.7 Å². The van der Waals surface area contributed by atoms with Crippen molar-refractivity contribution in [1.29, 1.82) is 0 Å². The van der Waals surface area contributed by atoms with Gasteiger partial charge >= 0.3 is 10.4 Å². The molecule has 0 amide bonds. The second kappa shape index (κ2) is 5.26. The van der Waals surface area contributed by atoms with Crippen LogP contribution in [0.25, 0.3) is 0 Å². The van der Waals surface area contributed by atoms with Crippen LogP contribution in [0, 0.1) is 0 Å². The second-order valence-electron chi connectivity index (χ2n) is 3.64. The summed E-state index contributed by atoms with van der Waals surface area (Å²) in [7, 11) is -4.67. The summed E-state index contributed by atoms with van der Waals surface area (Å²) < 4.78 is 31.6. The van der Waals surface area contributed by atoms with E-state index in [1.165, 1.54) is 0 Å². The third-order valence-electron chi connectivity index (χ3n) is 2.28. The number of hydrogen-bond acceptors (Lipinski definition) is 4. The lowest BCUT2D eigenvalue weighted by atomic mass is 9.90. The second-order valence-corrected chi connectivity index (χ2v) is 4.54. The molecule has 0 atom stereocenters. The summed E-state index contributed by atoms with van der Waals surface area (Å²) in [5.74, 6) is 0.260. The molecule has 17 heavy (non-hydrogen) atoms. The van der Waals surface area contributed by atoms with Crippen molar-refractivity contribution in [3.63, 3.8) is 0 Å². The Hall–Kier alpha value is -1.44. The van der Waals surface area contributed by atoms with Gasteiger partial charge in [0.05, 0.1) is 0 Å². The maximum atomic E-state index is 11.4. The number of nitrogens with two attached hydrogens (primary N) is 1. The molecule has 1 aromatic rings. The largest absolute Gasteiger partial charge is 0.399 e. The molecule has 1 aliphatic carbocycles. The van der Waals surface area contributed by atoms with E-state index >= 15 is 0 Å². The predicted molar refractivity (Wildman–Crippen MR) is 62.3 cm³/mol. The third kappa shape index (κ3) is 4.94. The van der Waals surface area contributed by atoms with E-state index in [4.69, 9.17) is 23.3 Å². The Morgan fingerprint density at radius 1 is 1.18 bits per heavy atom. The molecule has 6 nitrogen and oxygen atoms in total. The fourth-order valence-electron chi connectivity index (χ4n) is 1.67. The number of carbonyl (C=O) groups is 1. The van der Waals surface area contributed by atoms with E-state index in [1.54, 1.807) is 6.07 Å². The molecular weight excluding hydrogens is 246 g/mol. The summed E-state index contributed by atoms with van der Waals surface area (Å²) in [6, 6.07) is 5.54. The Morgan fingerprint density at radius 2 is 1.76 bits per heavy atom. The number of anilines is 1. The van der Waals surface area contributed by atoms with Crippen molar-refractivity contribution in [2.75, 3.05) is 5.73 Å². The summed E-state index contributed by atoms with van der Waals surface area (Å²) in [6.07, 6.45) is 2.65. The number of hydrogen-bond donors (Lipinski definition) is 3. The minimum atomic E-state index is -4.67. The van der Waals surface area contributed by atoms with Crippen molar-refractivity contribution in [2.45, 2.75) is 19.3 Å². The zero-order valence-electron chi connectivity index (χ0n) is 8.96. The van der Waals surface area contributed by atoms with Gasteiger partial charge in [-0.1, -0.05) is 0 Å².